The minimum absolute atomic E-state index is 0.106. The van der Waals surface area contributed by atoms with Crippen molar-refractivity contribution < 1.29 is 4.79 Å². The molecule has 1 amide bonds. The van der Waals surface area contributed by atoms with Crippen molar-refractivity contribution in [3.63, 3.8) is 0 Å². The fraction of sp³-hybridized carbons (Fsp3) is 0.318. The van der Waals surface area contributed by atoms with E-state index in [1.165, 1.54) is 22.5 Å². The molecule has 5 heteroatoms. The minimum Gasteiger partial charge on any atom is -0.302 e. The maximum absolute atomic E-state index is 12.6. The summed E-state index contributed by atoms with van der Waals surface area (Å²) in [5, 5.41) is 3.74. The van der Waals surface area contributed by atoms with Gasteiger partial charge in [-0.05, 0) is 56.5 Å². The van der Waals surface area contributed by atoms with Crippen LogP contribution in [0, 0.1) is 19.8 Å². The largest absolute Gasteiger partial charge is 0.302 e. The van der Waals surface area contributed by atoms with Gasteiger partial charge in [-0.1, -0.05) is 41.4 Å². The molecule has 4 nitrogen and oxygen atoms in total. The normalized spacial score (nSPS) is 14.4. The molecule has 2 heterocycles. The molecule has 0 saturated heterocycles. The molecular formula is C22H23N3OS. The number of hydrogen-bond donors (Lipinski definition) is 1. The van der Waals surface area contributed by atoms with Crippen LogP contribution in [0.5, 0.6) is 0 Å². The smallest absolute Gasteiger partial charge is 0.229 e. The van der Waals surface area contributed by atoms with Crippen LogP contribution in [-0.4, -0.2) is 15.9 Å². The van der Waals surface area contributed by atoms with Gasteiger partial charge < -0.3 is 5.32 Å². The first kappa shape index (κ1) is 17.9. The Morgan fingerprint density at radius 1 is 1.04 bits per heavy atom. The maximum atomic E-state index is 12.6. The van der Waals surface area contributed by atoms with E-state index in [0.717, 1.165) is 47.4 Å². The number of nitrogens with zero attached hydrogens (tertiary/aromatic N) is 2. The molecule has 1 N–H and O–H groups in total. The highest BCUT2D eigenvalue weighted by molar-refractivity contribution is 7.19. The van der Waals surface area contributed by atoms with Crippen LogP contribution >= 0.6 is 11.3 Å². The van der Waals surface area contributed by atoms with E-state index in [2.05, 4.69) is 42.3 Å². The van der Waals surface area contributed by atoms with E-state index in [4.69, 9.17) is 4.98 Å². The van der Waals surface area contributed by atoms with Gasteiger partial charge in [0.15, 0.2) is 5.13 Å². The van der Waals surface area contributed by atoms with Crippen LogP contribution in [0.3, 0.4) is 0 Å². The molecule has 27 heavy (non-hydrogen) atoms. The van der Waals surface area contributed by atoms with Gasteiger partial charge in [0.1, 0.15) is 0 Å². The number of anilines is 1. The van der Waals surface area contributed by atoms with Crippen LogP contribution in [-0.2, 0) is 4.79 Å². The first-order valence-corrected chi connectivity index (χ1v) is 10.2. The zero-order valence-corrected chi connectivity index (χ0v) is 16.5. The lowest BCUT2D eigenvalue weighted by Crippen LogP contribution is -2.20. The predicted molar refractivity (Wildman–Crippen MR) is 111 cm³/mol. The van der Waals surface area contributed by atoms with Crippen molar-refractivity contribution in [2.75, 3.05) is 5.32 Å². The molecule has 1 aliphatic rings. The summed E-state index contributed by atoms with van der Waals surface area (Å²) in [6, 6.07) is 10.4. The monoisotopic (exact) mass is 377 g/mol. The third kappa shape index (κ3) is 3.93. The Kier molecular flexibility index (Phi) is 5.03. The second-order valence-electron chi connectivity index (χ2n) is 7.28. The van der Waals surface area contributed by atoms with E-state index in [-0.39, 0.29) is 11.8 Å². The molecule has 0 atom stereocenters. The number of thiazole rings is 1. The van der Waals surface area contributed by atoms with E-state index < -0.39 is 0 Å². The van der Waals surface area contributed by atoms with E-state index in [1.54, 1.807) is 12.4 Å². The van der Waals surface area contributed by atoms with Gasteiger partial charge in [0.05, 0.1) is 10.6 Å². The standard InChI is InChI=1S/C22H23N3OS/c1-14-11-15(2)13-18(12-14)19-20(16-7-9-23-10-8-16)27-22(24-19)25-21(26)17-5-3-4-6-17/h7-13,17H,3-6H2,1-2H3,(H,24,25,26). The molecule has 138 valence electrons. The van der Waals surface area contributed by atoms with Crippen molar-refractivity contribution in [1.82, 2.24) is 9.97 Å². The highest BCUT2D eigenvalue weighted by Gasteiger charge is 2.24. The molecule has 0 bridgehead atoms. The van der Waals surface area contributed by atoms with Crippen LogP contribution < -0.4 is 5.32 Å². The van der Waals surface area contributed by atoms with Crippen molar-refractivity contribution in [3.8, 4) is 21.7 Å². The Balaban J connectivity index is 1.74. The summed E-state index contributed by atoms with van der Waals surface area (Å²) in [6.07, 6.45) is 7.84. The summed E-state index contributed by atoms with van der Waals surface area (Å²) < 4.78 is 0. The number of hydrogen-bond acceptors (Lipinski definition) is 4. The van der Waals surface area contributed by atoms with Crippen LogP contribution in [0.25, 0.3) is 21.7 Å². The Hall–Kier alpha value is -2.53. The zero-order chi connectivity index (χ0) is 18.8. The van der Waals surface area contributed by atoms with Crippen molar-refractivity contribution >= 4 is 22.4 Å². The second kappa shape index (κ2) is 7.61. The number of aryl methyl sites for hydroxylation is 2. The number of carbonyl (C=O) groups is 1. The number of nitrogens with one attached hydrogen (secondary N) is 1. The lowest BCUT2D eigenvalue weighted by Gasteiger charge is -2.07. The Labute approximate surface area is 163 Å². The topological polar surface area (TPSA) is 54.9 Å². The number of amides is 1. The fourth-order valence-corrected chi connectivity index (χ4v) is 4.77. The molecule has 0 radical (unpaired) electrons. The molecule has 0 spiro atoms. The van der Waals surface area contributed by atoms with Gasteiger partial charge in [0.25, 0.3) is 0 Å². The van der Waals surface area contributed by atoms with E-state index >= 15 is 0 Å². The van der Waals surface area contributed by atoms with Gasteiger partial charge >= 0.3 is 0 Å². The summed E-state index contributed by atoms with van der Waals surface area (Å²) >= 11 is 1.54. The van der Waals surface area contributed by atoms with Crippen molar-refractivity contribution in [3.05, 3.63) is 53.9 Å². The number of carbonyl (C=O) groups excluding carboxylic acids is 1. The van der Waals surface area contributed by atoms with Crippen LogP contribution in [0.1, 0.15) is 36.8 Å². The molecule has 0 aliphatic heterocycles. The third-order valence-electron chi connectivity index (χ3n) is 5.02. The fourth-order valence-electron chi connectivity index (χ4n) is 3.78. The molecule has 1 aromatic carbocycles. The van der Waals surface area contributed by atoms with E-state index in [9.17, 15) is 4.79 Å². The van der Waals surface area contributed by atoms with Gasteiger partial charge in [0.2, 0.25) is 5.91 Å². The highest BCUT2D eigenvalue weighted by Crippen LogP contribution is 2.39. The molecule has 2 aromatic heterocycles. The zero-order valence-electron chi connectivity index (χ0n) is 15.7. The summed E-state index contributed by atoms with van der Waals surface area (Å²) in [5.41, 5.74) is 5.47. The summed E-state index contributed by atoms with van der Waals surface area (Å²) in [5.74, 6) is 0.234. The lowest BCUT2D eigenvalue weighted by molar-refractivity contribution is -0.119. The number of benzene rings is 1. The van der Waals surface area contributed by atoms with Gasteiger partial charge in [-0.15, -0.1) is 0 Å². The summed E-state index contributed by atoms with van der Waals surface area (Å²) in [6.45, 7) is 4.19. The van der Waals surface area contributed by atoms with Gasteiger partial charge in [-0.25, -0.2) is 4.98 Å². The number of rotatable bonds is 4. The SMILES string of the molecule is Cc1cc(C)cc(-c2nc(NC(=O)C3CCCC3)sc2-c2ccncc2)c1. The van der Waals surface area contributed by atoms with Crippen molar-refractivity contribution in [2.45, 2.75) is 39.5 Å². The molecule has 1 saturated carbocycles. The Bertz CT molecular complexity index is 939. The number of pyridine rings is 1. The van der Waals surface area contributed by atoms with Crippen LogP contribution in [0.4, 0.5) is 5.13 Å². The molecule has 1 aliphatic carbocycles. The Morgan fingerprint density at radius 2 is 1.70 bits per heavy atom. The predicted octanol–water partition coefficient (Wildman–Crippen LogP) is 5.62. The summed E-state index contributed by atoms with van der Waals surface area (Å²) in [7, 11) is 0. The molecule has 3 aromatic rings. The summed E-state index contributed by atoms with van der Waals surface area (Å²) in [4.78, 5) is 22.6. The van der Waals surface area contributed by atoms with Crippen LogP contribution in [0.2, 0.25) is 0 Å². The van der Waals surface area contributed by atoms with E-state index in [1.807, 2.05) is 12.1 Å². The average Bonchev–Trinajstić information content (AvgIpc) is 3.32. The minimum atomic E-state index is 0.106. The van der Waals surface area contributed by atoms with Crippen molar-refractivity contribution in [2.24, 2.45) is 5.92 Å². The van der Waals surface area contributed by atoms with Gasteiger partial charge in [-0.3, -0.25) is 9.78 Å². The lowest BCUT2D eigenvalue weighted by atomic mass is 10.0. The van der Waals surface area contributed by atoms with E-state index in [0.29, 0.717) is 5.13 Å². The number of aromatic nitrogens is 2. The molecule has 0 unspecified atom stereocenters. The molecule has 4 rings (SSSR count). The highest BCUT2D eigenvalue weighted by atomic mass is 32.1. The molecule has 1 fully saturated rings. The van der Waals surface area contributed by atoms with Gasteiger partial charge in [-0.2, -0.15) is 0 Å². The van der Waals surface area contributed by atoms with Crippen molar-refractivity contribution in [1.29, 1.82) is 0 Å². The molecular weight excluding hydrogens is 354 g/mol. The first-order valence-electron chi connectivity index (χ1n) is 9.41. The Morgan fingerprint density at radius 3 is 2.37 bits per heavy atom. The average molecular weight is 378 g/mol. The second-order valence-corrected chi connectivity index (χ2v) is 8.28. The van der Waals surface area contributed by atoms with Gasteiger partial charge in [0, 0.05) is 23.9 Å². The maximum Gasteiger partial charge on any atom is 0.229 e. The third-order valence-corrected chi connectivity index (χ3v) is 6.04. The quantitative estimate of drug-likeness (QED) is 0.642. The van der Waals surface area contributed by atoms with Crippen LogP contribution in [0.15, 0.2) is 42.7 Å². The first-order chi connectivity index (χ1) is 13.1.